The van der Waals surface area contributed by atoms with Crippen LogP contribution in [0.1, 0.15) is 49.0 Å². The molecule has 0 aliphatic rings. The Morgan fingerprint density at radius 3 is 2.21 bits per heavy atom. The molecular formula is C23H27NO5. The molecule has 0 aliphatic carbocycles. The van der Waals surface area contributed by atoms with Gasteiger partial charge in [-0.1, -0.05) is 19.1 Å². The van der Waals surface area contributed by atoms with Gasteiger partial charge in [-0.25, -0.2) is 0 Å². The summed E-state index contributed by atoms with van der Waals surface area (Å²) in [5.41, 5.74) is 2.04. The summed E-state index contributed by atoms with van der Waals surface area (Å²) < 4.78 is 10.4. The number of ketones is 1. The van der Waals surface area contributed by atoms with Gasteiger partial charge in [-0.15, -0.1) is 0 Å². The third kappa shape index (κ3) is 7.07. The molecule has 0 aliphatic heterocycles. The fraction of sp³-hybridized carbons (Fsp3) is 0.348. The largest absolute Gasteiger partial charge is 0.497 e. The van der Waals surface area contributed by atoms with Crippen LogP contribution in [-0.4, -0.2) is 30.9 Å². The lowest BCUT2D eigenvalue weighted by molar-refractivity contribution is -0.146. The Kier molecular flexibility index (Phi) is 8.40. The zero-order valence-electron chi connectivity index (χ0n) is 17.1. The van der Waals surface area contributed by atoms with Crippen LogP contribution in [0, 0.1) is 0 Å². The Morgan fingerprint density at radius 2 is 1.62 bits per heavy atom. The molecule has 0 bridgehead atoms. The van der Waals surface area contributed by atoms with Crippen molar-refractivity contribution >= 4 is 23.3 Å². The van der Waals surface area contributed by atoms with Crippen molar-refractivity contribution in [1.82, 2.24) is 0 Å². The van der Waals surface area contributed by atoms with E-state index in [1.165, 1.54) is 0 Å². The summed E-state index contributed by atoms with van der Waals surface area (Å²) in [5, 5.41) is 2.77. The number of methoxy groups -OCH3 is 1. The van der Waals surface area contributed by atoms with E-state index in [1.807, 2.05) is 31.2 Å². The van der Waals surface area contributed by atoms with Crippen molar-refractivity contribution in [2.24, 2.45) is 0 Å². The molecule has 0 spiro atoms. The highest BCUT2D eigenvalue weighted by molar-refractivity contribution is 6.00. The highest BCUT2D eigenvalue weighted by Gasteiger charge is 2.19. The smallest absolute Gasteiger partial charge is 0.306 e. The van der Waals surface area contributed by atoms with E-state index in [0.29, 0.717) is 24.1 Å². The van der Waals surface area contributed by atoms with E-state index in [1.54, 1.807) is 38.3 Å². The Balaban J connectivity index is 1.83. The van der Waals surface area contributed by atoms with Gasteiger partial charge in [0.25, 0.3) is 0 Å². The quantitative estimate of drug-likeness (QED) is 0.480. The first kappa shape index (κ1) is 22.1. The lowest BCUT2D eigenvalue weighted by Gasteiger charge is -2.13. The van der Waals surface area contributed by atoms with E-state index in [-0.39, 0.29) is 18.1 Å². The molecule has 1 amide bonds. The van der Waals surface area contributed by atoms with Crippen LogP contribution in [0.3, 0.4) is 0 Å². The second-order valence-electron chi connectivity index (χ2n) is 6.72. The van der Waals surface area contributed by atoms with Crippen molar-refractivity contribution < 1.29 is 23.9 Å². The van der Waals surface area contributed by atoms with Crippen molar-refractivity contribution in [1.29, 1.82) is 0 Å². The molecule has 0 fully saturated rings. The lowest BCUT2D eigenvalue weighted by Crippen LogP contribution is -2.24. The van der Waals surface area contributed by atoms with E-state index in [0.717, 1.165) is 17.7 Å². The molecule has 0 saturated carbocycles. The fourth-order valence-electron chi connectivity index (χ4n) is 2.75. The minimum Gasteiger partial charge on any atom is -0.497 e. The second kappa shape index (κ2) is 11.0. The van der Waals surface area contributed by atoms with Gasteiger partial charge in [0.1, 0.15) is 5.75 Å². The second-order valence-corrected chi connectivity index (χ2v) is 6.72. The minimum absolute atomic E-state index is 0.0641. The van der Waals surface area contributed by atoms with Gasteiger partial charge in [-0.05, 0) is 61.7 Å². The number of nitrogens with one attached hydrogen (secondary N) is 1. The number of amides is 1. The van der Waals surface area contributed by atoms with Gasteiger partial charge in [0, 0.05) is 24.1 Å². The monoisotopic (exact) mass is 397 g/mol. The summed E-state index contributed by atoms with van der Waals surface area (Å²) in [6.45, 7) is 3.49. The van der Waals surface area contributed by atoms with E-state index in [4.69, 9.17) is 9.47 Å². The molecule has 1 N–H and O–H groups in total. The predicted molar refractivity (Wildman–Crippen MR) is 111 cm³/mol. The zero-order valence-corrected chi connectivity index (χ0v) is 17.1. The topological polar surface area (TPSA) is 81.7 Å². The summed E-state index contributed by atoms with van der Waals surface area (Å²) in [4.78, 5) is 36.2. The fourth-order valence-corrected chi connectivity index (χ4v) is 2.75. The number of esters is 1. The predicted octanol–water partition coefficient (Wildman–Crippen LogP) is 4.18. The standard InChI is InChI=1S/C23H27NO5/c1-4-5-21(25)24-19-11-9-18(10-12-19)23(27)16(2)29-22(26)15-8-17-6-13-20(28-3)14-7-17/h6-7,9-14,16H,4-5,8,15H2,1-3H3,(H,24,25). The summed E-state index contributed by atoms with van der Waals surface area (Å²) in [6, 6.07) is 14.0. The molecule has 6 heteroatoms. The van der Waals surface area contributed by atoms with Crippen LogP contribution in [-0.2, 0) is 20.7 Å². The van der Waals surface area contributed by atoms with Crippen molar-refractivity contribution in [3.8, 4) is 5.75 Å². The average Bonchev–Trinajstić information content (AvgIpc) is 2.72. The maximum Gasteiger partial charge on any atom is 0.306 e. The van der Waals surface area contributed by atoms with Crippen LogP contribution in [0.25, 0.3) is 0 Å². The number of anilines is 1. The van der Waals surface area contributed by atoms with Crippen molar-refractivity contribution in [3.63, 3.8) is 0 Å². The van der Waals surface area contributed by atoms with Crippen molar-refractivity contribution in [3.05, 3.63) is 59.7 Å². The van der Waals surface area contributed by atoms with Gasteiger partial charge in [0.15, 0.2) is 6.10 Å². The van der Waals surface area contributed by atoms with Crippen LogP contribution in [0.5, 0.6) is 5.75 Å². The first-order valence-electron chi connectivity index (χ1n) is 9.69. The molecule has 2 aromatic carbocycles. The average molecular weight is 397 g/mol. The number of hydrogen-bond donors (Lipinski definition) is 1. The number of benzene rings is 2. The van der Waals surface area contributed by atoms with E-state index >= 15 is 0 Å². The maximum absolute atomic E-state index is 12.5. The number of hydrogen-bond acceptors (Lipinski definition) is 5. The highest BCUT2D eigenvalue weighted by atomic mass is 16.5. The summed E-state index contributed by atoms with van der Waals surface area (Å²) >= 11 is 0. The Hall–Kier alpha value is -3.15. The van der Waals surface area contributed by atoms with Gasteiger partial charge in [0.05, 0.1) is 7.11 Å². The summed E-state index contributed by atoms with van der Waals surface area (Å²) in [5.74, 6) is -0.0171. The zero-order chi connectivity index (χ0) is 21.2. The van der Waals surface area contributed by atoms with Crippen LogP contribution in [0.4, 0.5) is 5.69 Å². The summed E-state index contributed by atoms with van der Waals surface area (Å²) in [6.07, 6.45) is 1.05. The number of carbonyl (C=O) groups is 3. The number of Topliss-reactive ketones (excluding diaryl/α,β-unsaturated/α-hetero) is 1. The van der Waals surface area contributed by atoms with Gasteiger partial charge >= 0.3 is 5.97 Å². The first-order chi connectivity index (χ1) is 13.9. The molecule has 0 saturated heterocycles. The normalized spacial score (nSPS) is 11.4. The molecule has 6 nitrogen and oxygen atoms in total. The Labute approximate surface area is 171 Å². The molecule has 0 radical (unpaired) electrons. The van der Waals surface area contributed by atoms with E-state index in [9.17, 15) is 14.4 Å². The molecular weight excluding hydrogens is 370 g/mol. The van der Waals surface area contributed by atoms with Crippen LogP contribution < -0.4 is 10.1 Å². The Bertz CT molecular complexity index is 827. The van der Waals surface area contributed by atoms with Gasteiger partial charge in [-0.2, -0.15) is 0 Å². The van der Waals surface area contributed by atoms with Crippen LogP contribution in [0.2, 0.25) is 0 Å². The number of rotatable bonds is 10. The van der Waals surface area contributed by atoms with Gasteiger partial charge in [-0.3, -0.25) is 14.4 Å². The van der Waals surface area contributed by atoms with Crippen LogP contribution >= 0.6 is 0 Å². The highest BCUT2D eigenvalue weighted by Crippen LogP contribution is 2.15. The lowest BCUT2D eigenvalue weighted by atomic mass is 10.1. The summed E-state index contributed by atoms with van der Waals surface area (Å²) in [7, 11) is 1.60. The first-order valence-corrected chi connectivity index (χ1v) is 9.69. The maximum atomic E-state index is 12.5. The molecule has 1 atom stereocenters. The molecule has 0 aromatic heterocycles. The molecule has 1 unspecified atom stereocenters. The Morgan fingerprint density at radius 1 is 0.966 bits per heavy atom. The third-order valence-corrected chi connectivity index (χ3v) is 4.38. The number of aryl methyl sites for hydroxylation is 1. The van der Waals surface area contributed by atoms with Crippen molar-refractivity contribution in [2.75, 3.05) is 12.4 Å². The molecule has 2 rings (SSSR count). The van der Waals surface area contributed by atoms with Crippen LogP contribution in [0.15, 0.2) is 48.5 Å². The van der Waals surface area contributed by atoms with Crippen molar-refractivity contribution in [2.45, 2.75) is 45.6 Å². The molecule has 29 heavy (non-hydrogen) atoms. The van der Waals surface area contributed by atoms with Gasteiger partial charge in [0.2, 0.25) is 11.7 Å². The SMILES string of the molecule is CCCC(=O)Nc1ccc(C(=O)C(C)OC(=O)CCc2ccc(OC)cc2)cc1. The van der Waals surface area contributed by atoms with E-state index < -0.39 is 12.1 Å². The van der Waals surface area contributed by atoms with E-state index in [2.05, 4.69) is 5.32 Å². The molecule has 0 heterocycles. The number of carbonyl (C=O) groups excluding carboxylic acids is 3. The molecule has 2 aromatic rings. The number of ether oxygens (including phenoxy) is 2. The van der Waals surface area contributed by atoms with Gasteiger partial charge < -0.3 is 14.8 Å². The molecule has 154 valence electrons. The minimum atomic E-state index is -0.876. The third-order valence-electron chi connectivity index (χ3n) is 4.38.